The van der Waals surface area contributed by atoms with Gasteiger partial charge < -0.3 is 9.64 Å². The van der Waals surface area contributed by atoms with Crippen molar-refractivity contribution in [2.75, 3.05) is 26.3 Å². The van der Waals surface area contributed by atoms with E-state index in [1.54, 1.807) is 0 Å². The number of para-hydroxylation sites is 1. The first kappa shape index (κ1) is 18.5. The van der Waals surface area contributed by atoms with Gasteiger partial charge in [0.25, 0.3) is 5.56 Å². The van der Waals surface area contributed by atoms with Crippen LogP contribution < -0.4 is 5.56 Å². The van der Waals surface area contributed by atoms with E-state index in [-0.39, 0.29) is 22.8 Å². The van der Waals surface area contributed by atoms with Gasteiger partial charge in [-0.3, -0.25) is 14.2 Å². The van der Waals surface area contributed by atoms with Crippen molar-refractivity contribution in [3.8, 4) is 0 Å². The van der Waals surface area contributed by atoms with Crippen molar-refractivity contribution in [2.45, 2.75) is 49.1 Å². The molecule has 1 aliphatic heterocycles. The summed E-state index contributed by atoms with van der Waals surface area (Å²) in [4.78, 5) is 32.6. The summed E-state index contributed by atoms with van der Waals surface area (Å²) < 4.78 is 7.19. The summed E-state index contributed by atoms with van der Waals surface area (Å²) in [6, 6.07) is 7.66. The summed E-state index contributed by atoms with van der Waals surface area (Å²) in [6.45, 7) is 4.34. The number of fused-ring (bicyclic) bond motifs is 1. The molecule has 144 valence electrons. The maximum Gasteiger partial charge on any atom is 0.262 e. The van der Waals surface area contributed by atoms with Crippen molar-refractivity contribution in [3.63, 3.8) is 0 Å². The zero-order chi connectivity index (χ0) is 18.8. The predicted molar refractivity (Wildman–Crippen MR) is 106 cm³/mol. The molecule has 2 aliphatic rings. The Morgan fingerprint density at radius 1 is 1.22 bits per heavy atom. The van der Waals surface area contributed by atoms with Gasteiger partial charge in [-0.05, 0) is 31.9 Å². The molecule has 7 heteroatoms. The number of rotatable bonds is 4. The SMILES string of the molecule is CC(Sc1nc2ccccc2c(=O)n1C1CCCC1)C(=O)N1CCOCC1. The van der Waals surface area contributed by atoms with Crippen molar-refractivity contribution >= 4 is 28.6 Å². The van der Waals surface area contributed by atoms with E-state index >= 15 is 0 Å². The van der Waals surface area contributed by atoms with Crippen molar-refractivity contribution < 1.29 is 9.53 Å². The van der Waals surface area contributed by atoms with E-state index < -0.39 is 0 Å². The number of benzene rings is 1. The largest absolute Gasteiger partial charge is 0.378 e. The number of amides is 1. The van der Waals surface area contributed by atoms with E-state index in [0.29, 0.717) is 42.4 Å². The molecule has 2 heterocycles. The van der Waals surface area contributed by atoms with Gasteiger partial charge in [0.15, 0.2) is 5.16 Å². The summed E-state index contributed by atoms with van der Waals surface area (Å²) in [5.74, 6) is 0.0867. The highest BCUT2D eigenvalue weighted by atomic mass is 32.2. The first-order valence-corrected chi connectivity index (χ1v) is 10.6. The lowest BCUT2D eigenvalue weighted by atomic mass is 10.2. The molecule has 0 radical (unpaired) electrons. The fourth-order valence-electron chi connectivity index (χ4n) is 3.94. The highest BCUT2D eigenvalue weighted by Gasteiger charge is 2.28. The van der Waals surface area contributed by atoms with E-state index in [1.807, 2.05) is 40.7 Å². The third-order valence-corrected chi connectivity index (χ3v) is 6.47. The molecule has 4 rings (SSSR count). The molecular weight excluding hydrogens is 362 g/mol. The summed E-state index contributed by atoms with van der Waals surface area (Å²) in [5.41, 5.74) is 0.714. The van der Waals surface area contributed by atoms with Gasteiger partial charge in [-0.15, -0.1) is 0 Å². The number of aromatic nitrogens is 2. The Hall–Kier alpha value is -1.86. The van der Waals surface area contributed by atoms with Crippen molar-refractivity contribution in [1.82, 2.24) is 14.5 Å². The zero-order valence-corrected chi connectivity index (χ0v) is 16.4. The molecule has 1 unspecified atom stereocenters. The molecule has 1 aromatic heterocycles. The lowest BCUT2D eigenvalue weighted by Crippen LogP contribution is -2.44. The molecule has 0 spiro atoms. The molecule has 1 saturated heterocycles. The Morgan fingerprint density at radius 2 is 1.93 bits per heavy atom. The Morgan fingerprint density at radius 3 is 2.67 bits per heavy atom. The van der Waals surface area contributed by atoms with E-state index in [1.165, 1.54) is 11.8 Å². The number of thioether (sulfide) groups is 1. The van der Waals surface area contributed by atoms with Crippen LogP contribution >= 0.6 is 11.8 Å². The number of nitrogens with zero attached hydrogens (tertiary/aromatic N) is 3. The summed E-state index contributed by atoms with van der Waals surface area (Å²) >= 11 is 1.41. The highest BCUT2D eigenvalue weighted by Crippen LogP contribution is 2.33. The van der Waals surface area contributed by atoms with Crippen LogP contribution in [0.1, 0.15) is 38.6 Å². The first-order valence-electron chi connectivity index (χ1n) is 9.69. The summed E-state index contributed by atoms with van der Waals surface area (Å²) in [5, 5.41) is 1.03. The minimum atomic E-state index is -0.288. The van der Waals surface area contributed by atoms with Gasteiger partial charge in [0.05, 0.1) is 29.4 Å². The molecule has 1 saturated carbocycles. The molecule has 27 heavy (non-hydrogen) atoms. The second-order valence-electron chi connectivity index (χ2n) is 7.22. The molecule has 0 bridgehead atoms. The standard InChI is InChI=1S/C20H25N3O3S/c1-14(18(24)22-10-12-26-13-11-22)27-20-21-17-9-5-4-8-16(17)19(25)23(20)15-6-2-3-7-15/h4-5,8-9,14-15H,2-3,6-7,10-13H2,1H3. The lowest BCUT2D eigenvalue weighted by Gasteiger charge is -2.29. The molecule has 2 aromatic rings. The number of ether oxygens (including phenoxy) is 1. The van der Waals surface area contributed by atoms with Gasteiger partial charge in [0, 0.05) is 19.1 Å². The van der Waals surface area contributed by atoms with E-state index in [2.05, 4.69) is 0 Å². The molecule has 1 aromatic carbocycles. The van der Waals surface area contributed by atoms with Crippen LogP contribution in [0, 0.1) is 0 Å². The molecule has 1 aliphatic carbocycles. The van der Waals surface area contributed by atoms with Crippen LogP contribution in [0.4, 0.5) is 0 Å². The second kappa shape index (κ2) is 8.02. The number of hydrogen-bond donors (Lipinski definition) is 0. The van der Waals surface area contributed by atoms with Gasteiger partial charge in [-0.25, -0.2) is 4.98 Å². The van der Waals surface area contributed by atoms with Crippen LogP contribution in [0.5, 0.6) is 0 Å². The molecule has 1 atom stereocenters. The van der Waals surface area contributed by atoms with Gasteiger partial charge in [0.1, 0.15) is 0 Å². The third kappa shape index (κ3) is 3.75. The Bertz CT molecular complexity index is 886. The van der Waals surface area contributed by atoms with Gasteiger partial charge in [-0.1, -0.05) is 36.7 Å². The highest BCUT2D eigenvalue weighted by molar-refractivity contribution is 8.00. The second-order valence-corrected chi connectivity index (χ2v) is 8.53. The average molecular weight is 388 g/mol. The first-order chi connectivity index (χ1) is 13.1. The number of carbonyl (C=O) groups is 1. The van der Waals surface area contributed by atoms with Crippen molar-refractivity contribution in [3.05, 3.63) is 34.6 Å². The maximum absolute atomic E-state index is 13.2. The molecule has 1 amide bonds. The van der Waals surface area contributed by atoms with E-state index in [0.717, 1.165) is 25.7 Å². The van der Waals surface area contributed by atoms with Crippen LogP contribution in [0.3, 0.4) is 0 Å². The molecule has 2 fully saturated rings. The smallest absolute Gasteiger partial charge is 0.262 e. The van der Waals surface area contributed by atoms with Crippen LogP contribution in [0.2, 0.25) is 0 Å². The Labute approximate surface area is 162 Å². The lowest BCUT2D eigenvalue weighted by molar-refractivity contribution is -0.134. The van der Waals surface area contributed by atoms with Gasteiger partial charge >= 0.3 is 0 Å². The molecule has 0 N–H and O–H groups in total. The van der Waals surface area contributed by atoms with Crippen LogP contribution in [-0.4, -0.2) is 51.9 Å². The van der Waals surface area contributed by atoms with Crippen LogP contribution in [-0.2, 0) is 9.53 Å². The summed E-state index contributed by atoms with van der Waals surface area (Å²) in [7, 11) is 0. The van der Waals surface area contributed by atoms with Gasteiger partial charge in [0.2, 0.25) is 5.91 Å². The van der Waals surface area contributed by atoms with Crippen molar-refractivity contribution in [2.24, 2.45) is 0 Å². The van der Waals surface area contributed by atoms with Crippen LogP contribution in [0.25, 0.3) is 10.9 Å². The number of morpholine rings is 1. The Balaban J connectivity index is 1.68. The van der Waals surface area contributed by atoms with Gasteiger partial charge in [-0.2, -0.15) is 0 Å². The zero-order valence-electron chi connectivity index (χ0n) is 15.6. The third-order valence-electron chi connectivity index (χ3n) is 5.42. The minimum Gasteiger partial charge on any atom is -0.378 e. The quantitative estimate of drug-likeness (QED) is 0.596. The normalized spacial score (nSPS) is 19.5. The monoisotopic (exact) mass is 387 g/mol. The van der Waals surface area contributed by atoms with Crippen molar-refractivity contribution in [1.29, 1.82) is 0 Å². The Kier molecular flexibility index (Phi) is 5.50. The molecular formula is C20H25N3O3S. The average Bonchev–Trinajstić information content (AvgIpc) is 3.22. The number of carbonyl (C=O) groups excluding carboxylic acids is 1. The van der Waals surface area contributed by atoms with E-state index in [9.17, 15) is 9.59 Å². The molecule has 6 nitrogen and oxygen atoms in total. The topological polar surface area (TPSA) is 64.4 Å². The fourth-order valence-corrected chi connectivity index (χ4v) is 5.01. The summed E-state index contributed by atoms with van der Waals surface area (Å²) in [6.07, 6.45) is 4.27. The fraction of sp³-hybridized carbons (Fsp3) is 0.550. The minimum absolute atomic E-state index is 0.0148. The van der Waals surface area contributed by atoms with Crippen LogP contribution in [0.15, 0.2) is 34.2 Å². The maximum atomic E-state index is 13.2. The predicted octanol–water partition coefficient (Wildman–Crippen LogP) is 2.85. The van der Waals surface area contributed by atoms with E-state index in [4.69, 9.17) is 9.72 Å². The number of hydrogen-bond acceptors (Lipinski definition) is 5.